The number of fused-ring (bicyclic) bond motifs is 1. The lowest BCUT2D eigenvalue weighted by Gasteiger charge is -2.16. The van der Waals surface area contributed by atoms with Gasteiger partial charge in [0.25, 0.3) is 0 Å². The lowest BCUT2D eigenvalue weighted by molar-refractivity contribution is 0.324. The van der Waals surface area contributed by atoms with Gasteiger partial charge in [0.05, 0.1) is 38.1 Å². The lowest BCUT2D eigenvalue weighted by Crippen LogP contribution is -2.00. The van der Waals surface area contributed by atoms with Crippen molar-refractivity contribution in [1.82, 2.24) is 4.98 Å². The highest BCUT2D eigenvalue weighted by atomic mass is 127. The Bertz CT molecular complexity index is 990. The zero-order valence-electron chi connectivity index (χ0n) is 14.5. The van der Waals surface area contributed by atoms with Crippen molar-refractivity contribution in [2.24, 2.45) is 0 Å². The molecule has 0 saturated carbocycles. The first-order valence-electron chi connectivity index (χ1n) is 7.66. The lowest BCUT2D eigenvalue weighted by atomic mass is 10.1. The first kappa shape index (κ1) is 18.1. The van der Waals surface area contributed by atoms with Crippen molar-refractivity contribution in [3.05, 3.63) is 45.7 Å². The SMILES string of the molecule is COc1cc(Nc2c(C#N)cnc3cc(I)ccc23)cc(OC)c1OC. The van der Waals surface area contributed by atoms with E-state index in [1.165, 1.54) is 0 Å². The van der Waals surface area contributed by atoms with E-state index < -0.39 is 0 Å². The maximum Gasteiger partial charge on any atom is 0.203 e. The maximum atomic E-state index is 9.49. The van der Waals surface area contributed by atoms with Crippen LogP contribution < -0.4 is 19.5 Å². The van der Waals surface area contributed by atoms with Crippen LogP contribution in [0.1, 0.15) is 5.56 Å². The summed E-state index contributed by atoms with van der Waals surface area (Å²) in [4.78, 5) is 4.37. The van der Waals surface area contributed by atoms with Crippen molar-refractivity contribution < 1.29 is 14.2 Å². The molecule has 3 aromatic rings. The summed E-state index contributed by atoms with van der Waals surface area (Å²) in [5.41, 5.74) is 2.66. The molecule has 3 rings (SSSR count). The Morgan fingerprint density at radius 2 is 1.73 bits per heavy atom. The van der Waals surface area contributed by atoms with Gasteiger partial charge in [0.2, 0.25) is 5.75 Å². The fraction of sp³-hybridized carbons (Fsp3) is 0.158. The summed E-state index contributed by atoms with van der Waals surface area (Å²) < 4.78 is 17.2. The third kappa shape index (κ3) is 3.32. The monoisotopic (exact) mass is 461 g/mol. The van der Waals surface area contributed by atoms with Crippen LogP contribution in [-0.2, 0) is 0 Å². The zero-order chi connectivity index (χ0) is 18.7. The van der Waals surface area contributed by atoms with Gasteiger partial charge in [-0.25, -0.2) is 0 Å². The Hall–Kier alpha value is -2.73. The van der Waals surface area contributed by atoms with E-state index in [1.807, 2.05) is 18.2 Å². The van der Waals surface area contributed by atoms with Gasteiger partial charge >= 0.3 is 0 Å². The second kappa shape index (κ2) is 7.66. The predicted molar refractivity (Wildman–Crippen MR) is 109 cm³/mol. The Balaban J connectivity index is 2.16. The van der Waals surface area contributed by atoms with Crippen LogP contribution in [0.15, 0.2) is 36.5 Å². The van der Waals surface area contributed by atoms with Crippen LogP contribution in [-0.4, -0.2) is 26.3 Å². The van der Waals surface area contributed by atoms with Crippen LogP contribution >= 0.6 is 22.6 Å². The van der Waals surface area contributed by atoms with Crippen LogP contribution in [0.5, 0.6) is 17.2 Å². The van der Waals surface area contributed by atoms with Crippen molar-refractivity contribution in [1.29, 1.82) is 5.26 Å². The molecule has 6 nitrogen and oxygen atoms in total. The number of anilines is 2. The number of nitriles is 1. The van der Waals surface area contributed by atoms with Crippen molar-refractivity contribution in [2.75, 3.05) is 26.6 Å². The first-order chi connectivity index (χ1) is 12.6. The molecular weight excluding hydrogens is 445 g/mol. The van der Waals surface area contributed by atoms with Gasteiger partial charge in [-0.05, 0) is 40.8 Å². The molecule has 0 radical (unpaired) electrons. The molecule has 1 aromatic heterocycles. The fourth-order valence-corrected chi connectivity index (χ4v) is 3.16. The van der Waals surface area contributed by atoms with E-state index in [2.05, 4.69) is 39.0 Å². The van der Waals surface area contributed by atoms with Crippen molar-refractivity contribution in [3.63, 3.8) is 0 Å². The minimum absolute atomic E-state index is 0.451. The van der Waals surface area contributed by atoms with E-state index in [1.54, 1.807) is 39.7 Å². The molecule has 1 heterocycles. The molecule has 0 saturated heterocycles. The van der Waals surface area contributed by atoms with Gasteiger partial charge in [0.1, 0.15) is 6.07 Å². The number of nitrogens with one attached hydrogen (secondary N) is 1. The molecule has 2 aromatic carbocycles. The smallest absolute Gasteiger partial charge is 0.203 e. The minimum Gasteiger partial charge on any atom is -0.493 e. The fourth-order valence-electron chi connectivity index (χ4n) is 2.68. The second-order valence-electron chi connectivity index (χ2n) is 5.36. The van der Waals surface area contributed by atoms with E-state index in [4.69, 9.17) is 14.2 Å². The Kier molecular flexibility index (Phi) is 5.32. The van der Waals surface area contributed by atoms with Crippen molar-refractivity contribution in [3.8, 4) is 23.3 Å². The number of hydrogen-bond donors (Lipinski definition) is 1. The number of benzene rings is 2. The van der Waals surface area contributed by atoms with Crippen LogP contribution in [0, 0.1) is 14.9 Å². The summed E-state index contributed by atoms with van der Waals surface area (Å²) >= 11 is 2.24. The molecule has 0 amide bonds. The van der Waals surface area contributed by atoms with Crippen LogP contribution in [0.3, 0.4) is 0 Å². The van der Waals surface area contributed by atoms with Crippen LogP contribution in [0.2, 0.25) is 0 Å². The molecule has 0 aliphatic rings. The highest BCUT2D eigenvalue weighted by Crippen LogP contribution is 2.41. The van der Waals surface area contributed by atoms with Gasteiger partial charge < -0.3 is 19.5 Å². The Morgan fingerprint density at radius 3 is 2.31 bits per heavy atom. The second-order valence-corrected chi connectivity index (χ2v) is 6.60. The number of halogens is 1. The molecule has 0 aliphatic heterocycles. The third-order valence-corrected chi connectivity index (χ3v) is 4.56. The molecule has 0 aliphatic carbocycles. The predicted octanol–water partition coefficient (Wildman–Crippen LogP) is 4.48. The summed E-state index contributed by atoms with van der Waals surface area (Å²) in [6.07, 6.45) is 1.57. The Labute approximate surface area is 164 Å². The molecule has 0 unspecified atom stereocenters. The van der Waals surface area contributed by atoms with Gasteiger partial charge in [-0.2, -0.15) is 5.26 Å². The van der Waals surface area contributed by atoms with E-state index in [0.29, 0.717) is 34.2 Å². The van der Waals surface area contributed by atoms with Crippen molar-refractivity contribution in [2.45, 2.75) is 0 Å². The largest absolute Gasteiger partial charge is 0.493 e. The highest BCUT2D eigenvalue weighted by Gasteiger charge is 2.15. The molecular formula is C19H16IN3O3. The summed E-state index contributed by atoms with van der Waals surface area (Å²) in [6, 6.07) is 11.7. The number of hydrogen-bond acceptors (Lipinski definition) is 6. The van der Waals surface area contributed by atoms with E-state index >= 15 is 0 Å². The molecule has 0 atom stereocenters. The highest BCUT2D eigenvalue weighted by molar-refractivity contribution is 14.1. The number of aromatic nitrogens is 1. The standard InChI is InChI=1S/C19H16IN3O3/c1-24-16-7-13(8-17(25-2)19(16)26-3)23-18-11(9-21)10-22-15-6-12(20)4-5-14(15)18/h4-8,10H,1-3H3,(H,22,23). The average molecular weight is 461 g/mol. The number of methoxy groups -OCH3 is 3. The number of ether oxygens (including phenoxy) is 3. The topological polar surface area (TPSA) is 76.4 Å². The third-order valence-electron chi connectivity index (χ3n) is 3.89. The summed E-state index contributed by atoms with van der Waals surface area (Å²) in [5.74, 6) is 1.57. The summed E-state index contributed by atoms with van der Waals surface area (Å²) in [6.45, 7) is 0. The van der Waals surface area contributed by atoms with Gasteiger partial charge in [-0.15, -0.1) is 0 Å². The van der Waals surface area contributed by atoms with Crippen molar-refractivity contribution >= 4 is 44.9 Å². The molecule has 0 bridgehead atoms. The maximum absolute atomic E-state index is 9.49. The number of pyridine rings is 1. The zero-order valence-corrected chi connectivity index (χ0v) is 16.6. The molecule has 0 fully saturated rings. The molecule has 132 valence electrons. The van der Waals surface area contributed by atoms with E-state index in [9.17, 15) is 5.26 Å². The Morgan fingerprint density at radius 1 is 1.04 bits per heavy atom. The van der Waals surface area contributed by atoms with Gasteiger partial charge in [0.15, 0.2) is 11.5 Å². The number of rotatable bonds is 5. The number of nitrogens with zero attached hydrogens (tertiary/aromatic N) is 2. The normalized spacial score (nSPS) is 10.3. The molecule has 0 spiro atoms. The van der Waals surface area contributed by atoms with E-state index in [0.717, 1.165) is 14.5 Å². The molecule has 1 N–H and O–H groups in total. The van der Waals surface area contributed by atoms with Crippen LogP contribution in [0.4, 0.5) is 11.4 Å². The summed E-state index contributed by atoms with van der Waals surface area (Å²) in [5, 5.41) is 13.7. The van der Waals surface area contributed by atoms with Gasteiger partial charge in [0, 0.05) is 33.0 Å². The minimum atomic E-state index is 0.451. The quantitative estimate of drug-likeness (QED) is 0.565. The average Bonchev–Trinajstić information content (AvgIpc) is 2.67. The van der Waals surface area contributed by atoms with E-state index in [-0.39, 0.29) is 0 Å². The molecule has 7 heteroatoms. The van der Waals surface area contributed by atoms with Crippen LogP contribution in [0.25, 0.3) is 10.9 Å². The first-order valence-corrected chi connectivity index (χ1v) is 8.74. The summed E-state index contributed by atoms with van der Waals surface area (Å²) in [7, 11) is 4.68. The van der Waals surface area contributed by atoms with Gasteiger partial charge in [-0.3, -0.25) is 4.98 Å². The molecule has 26 heavy (non-hydrogen) atoms. The van der Waals surface area contributed by atoms with Gasteiger partial charge in [-0.1, -0.05) is 0 Å².